The number of rotatable bonds is 3. The minimum Gasteiger partial charge on any atom is -0.345 e. The molecule has 1 amide bonds. The Labute approximate surface area is 204 Å². The standard InChI is InChI=1S/C27H17ClN6O/c28-14-10-19(25-21(11-14)30-13-31-25)27(35)34-24-16-5-2-1-4-15(16)23-17(24)6-3-7-18(23)26-32-20-8-9-29-12-22(20)33-26/h1-13,24H,(H,30,31)(H,32,33)(H,34,35). The van der Waals surface area contributed by atoms with Crippen molar-refractivity contribution in [1.82, 2.24) is 30.2 Å². The minimum atomic E-state index is -0.326. The molecule has 3 heterocycles. The van der Waals surface area contributed by atoms with Gasteiger partial charge in [-0.3, -0.25) is 9.78 Å². The molecule has 3 aromatic heterocycles. The van der Waals surface area contributed by atoms with Gasteiger partial charge in [0.15, 0.2) is 0 Å². The zero-order valence-corrected chi connectivity index (χ0v) is 19.0. The summed E-state index contributed by atoms with van der Waals surface area (Å²) in [5.41, 5.74) is 8.60. The Bertz CT molecular complexity index is 1750. The summed E-state index contributed by atoms with van der Waals surface area (Å²) in [6.45, 7) is 0. The fraction of sp³-hybridized carbons (Fsp3) is 0.0370. The van der Waals surface area contributed by atoms with Crippen LogP contribution in [0.15, 0.2) is 79.4 Å². The van der Waals surface area contributed by atoms with E-state index in [1.807, 2.05) is 24.3 Å². The SMILES string of the molecule is O=C(NC1c2ccccc2-c2c(-c3nc4ccncc4[nH]3)cccc21)c1cc(Cl)cc2[nH]cnc12. The molecule has 0 saturated heterocycles. The summed E-state index contributed by atoms with van der Waals surface area (Å²) in [6.07, 6.45) is 5.06. The minimum absolute atomic E-state index is 0.238. The number of hydrogen-bond donors (Lipinski definition) is 3. The van der Waals surface area contributed by atoms with E-state index in [9.17, 15) is 4.79 Å². The Kier molecular flexibility index (Phi) is 4.28. The lowest BCUT2D eigenvalue weighted by Crippen LogP contribution is -2.28. The number of hydrogen-bond acceptors (Lipinski definition) is 4. The van der Waals surface area contributed by atoms with Gasteiger partial charge >= 0.3 is 0 Å². The Hall–Kier alpha value is -4.49. The Balaban J connectivity index is 1.36. The highest BCUT2D eigenvalue weighted by molar-refractivity contribution is 6.32. The van der Waals surface area contributed by atoms with Crippen LogP contribution in [-0.4, -0.2) is 30.8 Å². The molecular formula is C27H17ClN6O. The fourth-order valence-corrected chi connectivity index (χ4v) is 5.21. The summed E-state index contributed by atoms with van der Waals surface area (Å²) in [4.78, 5) is 33.2. The van der Waals surface area contributed by atoms with Crippen LogP contribution in [0.1, 0.15) is 27.5 Å². The number of aromatic nitrogens is 5. The zero-order chi connectivity index (χ0) is 23.5. The van der Waals surface area contributed by atoms with Gasteiger partial charge in [0.25, 0.3) is 5.91 Å². The van der Waals surface area contributed by atoms with Crippen molar-refractivity contribution in [3.05, 3.63) is 101 Å². The maximum Gasteiger partial charge on any atom is 0.254 e. The number of pyridine rings is 1. The lowest BCUT2D eigenvalue weighted by molar-refractivity contribution is 0.0945. The van der Waals surface area contributed by atoms with Gasteiger partial charge in [-0.15, -0.1) is 0 Å². The van der Waals surface area contributed by atoms with Crippen LogP contribution in [0, 0.1) is 0 Å². The first-order valence-corrected chi connectivity index (χ1v) is 11.5. The number of aromatic amines is 2. The molecule has 0 fully saturated rings. The molecule has 6 aromatic rings. The van der Waals surface area contributed by atoms with E-state index in [4.69, 9.17) is 16.6 Å². The van der Waals surface area contributed by atoms with Gasteiger partial charge in [0.1, 0.15) is 11.3 Å². The first-order chi connectivity index (χ1) is 17.2. The lowest BCUT2D eigenvalue weighted by Gasteiger charge is -2.16. The molecule has 3 aromatic carbocycles. The summed E-state index contributed by atoms with van der Waals surface area (Å²) in [6, 6.07) is 19.2. The number of amides is 1. The van der Waals surface area contributed by atoms with Crippen LogP contribution in [0.2, 0.25) is 5.02 Å². The van der Waals surface area contributed by atoms with Crippen molar-refractivity contribution < 1.29 is 4.79 Å². The van der Waals surface area contributed by atoms with E-state index in [0.29, 0.717) is 16.1 Å². The molecule has 168 valence electrons. The average Bonchev–Trinajstić information content (AvgIpc) is 3.59. The molecule has 0 saturated carbocycles. The number of benzene rings is 3. The molecular weight excluding hydrogens is 460 g/mol. The zero-order valence-electron chi connectivity index (χ0n) is 18.2. The highest BCUT2D eigenvalue weighted by Crippen LogP contribution is 2.47. The second-order valence-electron chi connectivity index (χ2n) is 8.49. The van der Waals surface area contributed by atoms with Crippen LogP contribution in [0.4, 0.5) is 0 Å². The molecule has 1 atom stereocenters. The van der Waals surface area contributed by atoms with Gasteiger partial charge in [-0.25, -0.2) is 9.97 Å². The van der Waals surface area contributed by atoms with E-state index >= 15 is 0 Å². The van der Waals surface area contributed by atoms with Crippen LogP contribution in [0.25, 0.3) is 44.6 Å². The predicted octanol–water partition coefficient (Wildman–Crippen LogP) is 5.65. The largest absolute Gasteiger partial charge is 0.345 e. The summed E-state index contributed by atoms with van der Waals surface area (Å²) in [5, 5.41) is 3.70. The molecule has 0 bridgehead atoms. The number of carbonyl (C=O) groups is 1. The summed E-state index contributed by atoms with van der Waals surface area (Å²) in [5.74, 6) is 0.525. The number of H-pyrrole nitrogens is 2. The van der Waals surface area contributed by atoms with Gasteiger partial charge in [-0.1, -0.05) is 54.1 Å². The average molecular weight is 477 g/mol. The maximum absolute atomic E-state index is 13.5. The molecule has 0 spiro atoms. The van der Waals surface area contributed by atoms with Crippen molar-refractivity contribution in [2.24, 2.45) is 0 Å². The summed E-state index contributed by atoms with van der Waals surface area (Å²) >= 11 is 6.28. The van der Waals surface area contributed by atoms with Gasteiger partial charge in [-0.2, -0.15) is 0 Å². The van der Waals surface area contributed by atoms with E-state index < -0.39 is 0 Å². The molecule has 7 rings (SSSR count). The van der Waals surface area contributed by atoms with E-state index in [-0.39, 0.29) is 11.9 Å². The molecule has 7 nitrogen and oxygen atoms in total. The Morgan fingerprint density at radius 3 is 2.74 bits per heavy atom. The second-order valence-corrected chi connectivity index (χ2v) is 8.93. The van der Waals surface area contributed by atoms with Gasteiger partial charge in [0, 0.05) is 16.8 Å². The smallest absolute Gasteiger partial charge is 0.254 e. The molecule has 35 heavy (non-hydrogen) atoms. The normalized spacial score (nSPS) is 14.3. The predicted molar refractivity (Wildman–Crippen MR) is 135 cm³/mol. The lowest BCUT2D eigenvalue weighted by atomic mass is 9.98. The van der Waals surface area contributed by atoms with Crippen molar-refractivity contribution in [1.29, 1.82) is 0 Å². The Morgan fingerprint density at radius 1 is 0.971 bits per heavy atom. The van der Waals surface area contributed by atoms with Crippen LogP contribution < -0.4 is 5.32 Å². The van der Waals surface area contributed by atoms with Crippen LogP contribution in [0.5, 0.6) is 0 Å². The third kappa shape index (κ3) is 3.05. The van der Waals surface area contributed by atoms with Gasteiger partial charge in [0.05, 0.1) is 40.7 Å². The molecule has 0 radical (unpaired) electrons. The second kappa shape index (κ2) is 7.51. The van der Waals surface area contributed by atoms with Crippen LogP contribution in [0.3, 0.4) is 0 Å². The van der Waals surface area contributed by atoms with Crippen molar-refractivity contribution in [2.75, 3.05) is 0 Å². The third-order valence-corrected chi connectivity index (χ3v) is 6.71. The molecule has 8 heteroatoms. The Morgan fingerprint density at radius 2 is 1.83 bits per heavy atom. The maximum atomic E-state index is 13.5. The number of imidazole rings is 2. The van der Waals surface area contributed by atoms with E-state index in [0.717, 1.165) is 50.2 Å². The monoisotopic (exact) mass is 476 g/mol. The van der Waals surface area contributed by atoms with Crippen molar-refractivity contribution in [2.45, 2.75) is 6.04 Å². The van der Waals surface area contributed by atoms with Gasteiger partial charge in [0.2, 0.25) is 0 Å². The van der Waals surface area contributed by atoms with Crippen molar-refractivity contribution in [3.63, 3.8) is 0 Å². The summed E-state index contributed by atoms with van der Waals surface area (Å²) in [7, 11) is 0. The van der Waals surface area contributed by atoms with Gasteiger partial charge in [-0.05, 0) is 40.5 Å². The van der Waals surface area contributed by atoms with E-state index in [2.05, 4.69) is 49.5 Å². The molecule has 1 aliphatic carbocycles. The highest BCUT2D eigenvalue weighted by Gasteiger charge is 2.33. The highest BCUT2D eigenvalue weighted by atomic mass is 35.5. The molecule has 0 aliphatic heterocycles. The van der Waals surface area contributed by atoms with Gasteiger partial charge < -0.3 is 15.3 Å². The fourth-order valence-electron chi connectivity index (χ4n) is 4.99. The van der Waals surface area contributed by atoms with Crippen LogP contribution >= 0.6 is 11.6 Å². The molecule has 3 N–H and O–H groups in total. The third-order valence-electron chi connectivity index (χ3n) is 6.50. The van der Waals surface area contributed by atoms with Crippen LogP contribution in [-0.2, 0) is 0 Å². The first-order valence-electron chi connectivity index (χ1n) is 11.1. The topological polar surface area (TPSA) is 99.4 Å². The number of nitrogens with one attached hydrogen (secondary N) is 3. The van der Waals surface area contributed by atoms with Crippen molar-refractivity contribution in [3.8, 4) is 22.5 Å². The van der Waals surface area contributed by atoms with Crippen molar-refractivity contribution >= 4 is 39.6 Å². The quantitative estimate of drug-likeness (QED) is 0.307. The number of carbonyl (C=O) groups excluding carboxylic acids is 1. The molecule has 1 unspecified atom stereocenters. The summed E-state index contributed by atoms with van der Waals surface area (Å²) < 4.78 is 0. The first kappa shape index (κ1) is 19.9. The number of nitrogens with zero attached hydrogens (tertiary/aromatic N) is 3. The number of fused-ring (bicyclic) bond motifs is 5. The number of halogens is 1. The molecule has 1 aliphatic rings. The van der Waals surface area contributed by atoms with E-state index in [1.54, 1.807) is 30.9 Å². The van der Waals surface area contributed by atoms with E-state index in [1.165, 1.54) is 0 Å².